The van der Waals surface area contributed by atoms with Gasteiger partial charge in [-0.2, -0.15) is 0 Å². The fourth-order valence-electron chi connectivity index (χ4n) is 4.16. The van der Waals surface area contributed by atoms with E-state index in [0.29, 0.717) is 11.5 Å². The predicted octanol–water partition coefficient (Wildman–Crippen LogP) is 2.39. The molecule has 0 spiro atoms. The normalized spacial score (nSPS) is 30.9. The molecule has 0 radical (unpaired) electrons. The number of nitrogens with one attached hydrogen (secondary N) is 1. The summed E-state index contributed by atoms with van der Waals surface area (Å²) in [7, 11) is 2.23. The van der Waals surface area contributed by atoms with Gasteiger partial charge < -0.3 is 15.3 Å². The van der Waals surface area contributed by atoms with Crippen molar-refractivity contribution < 1.29 is 5.11 Å². The van der Waals surface area contributed by atoms with Crippen molar-refractivity contribution in [1.29, 1.82) is 0 Å². The first-order chi connectivity index (χ1) is 9.17. The summed E-state index contributed by atoms with van der Waals surface area (Å²) in [5.74, 6) is 0. The molecule has 2 aliphatic rings. The minimum absolute atomic E-state index is 0.101. The van der Waals surface area contributed by atoms with Gasteiger partial charge in [-0.15, -0.1) is 0 Å². The van der Waals surface area contributed by atoms with Gasteiger partial charge in [0.2, 0.25) is 0 Å². The molecule has 2 N–H and O–H groups in total. The molecule has 0 bridgehead atoms. The largest absolute Gasteiger partial charge is 0.391 e. The lowest BCUT2D eigenvalue weighted by atomic mass is 9.83. The third kappa shape index (κ3) is 3.93. The Morgan fingerprint density at radius 3 is 2.47 bits per heavy atom. The fraction of sp³-hybridized carbons (Fsp3) is 1.00. The van der Waals surface area contributed by atoms with Crippen molar-refractivity contribution in [2.75, 3.05) is 26.7 Å². The molecule has 112 valence electrons. The van der Waals surface area contributed by atoms with Crippen molar-refractivity contribution in [1.82, 2.24) is 10.2 Å². The van der Waals surface area contributed by atoms with E-state index in [1.807, 2.05) is 0 Å². The summed E-state index contributed by atoms with van der Waals surface area (Å²) < 4.78 is 0. The quantitative estimate of drug-likeness (QED) is 0.776. The first-order valence-electron chi connectivity index (χ1n) is 8.26. The maximum absolute atomic E-state index is 10.2. The third-order valence-electron chi connectivity index (χ3n) is 5.26. The Bertz CT molecular complexity index is 263. The molecule has 19 heavy (non-hydrogen) atoms. The predicted molar refractivity (Wildman–Crippen MR) is 80.3 cm³/mol. The second kappa shape index (κ2) is 7.05. The number of nitrogens with zero attached hydrogens (tertiary/aromatic N) is 1. The molecule has 2 atom stereocenters. The summed E-state index contributed by atoms with van der Waals surface area (Å²) >= 11 is 0. The van der Waals surface area contributed by atoms with Crippen LogP contribution in [0.15, 0.2) is 0 Å². The lowest BCUT2D eigenvalue weighted by Crippen LogP contribution is -2.49. The highest BCUT2D eigenvalue weighted by molar-refractivity contribution is 4.92. The zero-order chi connectivity index (χ0) is 13.7. The molecule has 2 aliphatic carbocycles. The van der Waals surface area contributed by atoms with Crippen molar-refractivity contribution in [3.8, 4) is 0 Å². The van der Waals surface area contributed by atoms with Crippen molar-refractivity contribution in [2.24, 2.45) is 5.41 Å². The second-order valence-corrected chi connectivity index (χ2v) is 6.82. The number of hydrogen-bond donors (Lipinski definition) is 2. The van der Waals surface area contributed by atoms with E-state index in [4.69, 9.17) is 0 Å². The van der Waals surface area contributed by atoms with E-state index in [1.54, 1.807) is 0 Å². The molecule has 0 aliphatic heterocycles. The maximum Gasteiger partial charge on any atom is 0.0695 e. The topological polar surface area (TPSA) is 35.5 Å². The molecular weight excluding hydrogens is 236 g/mol. The van der Waals surface area contributed by atoms with Crippen LogP contribution in [-0.4, -0.2) is 48.8 Å². The van der Waals surface area contributed by atoms with Crippen LogP contribution in [0, 0.1) is 5.41 Å². The number of aliphatic hydroxyl groups excluding tert-OH is 1. The van der Waals surface area contributed by atoms with Crippen LogP contribution < -0.4 is 5.32 Å². The van der Waals surface area contributed by atoms with Gasteiger partial charge in [0.1, 0.15) is 0 Å². The van der Waals surface area contributed by atoms with Crippen LogP contribution in [-0.2, 0) is 0 Å². The van der Waals surface area contributed by atoms with E-state index in [0.717, 1.165) is 26.1 Å². The average Bonchev–Trinajstić information content (AvgIpc) is 2.86. The maximum atomic E-state index is 10.2. The minimum Gasteiger partial charge on any atom is -0.391 e. The average molecular weight is 268 g/mol. The molecular formula is C16H32N2O. The monoisotopic (exact) mass is 268 g/mol. The van der Waals surface area contributed by atoms with Crippen molar-refractivity contribution in [3.63, 3.8) is 0 Å². The van der Waals surface area contributed by atoms with Crippen LogP contribution in [0.1, 0.15) is 58.3 Å². The molecule has 3 heteroatoms. The fourth-order valence-corrected chi connectivity index (χ4v) is 4.16. The molecule has 2 unspecified atom stereocenters. The third-order valence-corrected chi connectivity index (χ3v) is 5.26. The summed E-state index contributed by atoms with van der Waals surface area (Å²) in [4.78, 5) is 2.46. The highest BCUT2D eigenvalue weighted by Gasteiger charge is 2.37. The van der Waals surface area contributed by atoms with Crippen LogP contribution >= 0.6 is 0 Å². The van der Waals surface area contributed by atoms with E-state index in [2.05, 4.69) is 24.2 Å². The molecule has 0 aromatic rings. The summed E-state index contributed by atoms with van der Waals surface area (Å²) in [6, 6.07) is 0.396. The molecule has 0 heterocycles. The molecule has 2 fully saturated rings. The molecule has 0 aromatic carbocycles. The SMILES string of the molecule is CCNCC1(CN(C)C2CCCCC2O)CCCC1. The Kier molecular flexibility index (Phi) is 5.67. The molecule has 3 nitrogen and oxygen atoms in total. The number of hydrogen-bond acceptors (Lipinski definition) is 3. The van der Waals surface area contributed by atoms with Crippen LogP contribution in [0.25, 0.3) is 0 Å². The van der Waals surface area contributed by atoms with Crippen LogP contribution in [0.3, 0.4) is 0 Å². The highest BCUT2D eigenvalue weighted by atomic mass is 16.3. The van der Waals surface area contributed by atoms with Gasteiger partial charge in [-0.3, -0.25) is 0 Å². The van der Waals surface area contributed by atoms with Crippen LogP contribution in [0.4, 0.5) is 0 Å². The number of likely N-dealkylation sites (N-methyl/N-ethyl adjacent to an activating group) is 1. The van der Waals surface area contributed by atoms with Gasteiger partial charge in [-0.05, 0) is 44.7 Å². The summed E-state index contributed by atoms with van der Waals surface area (Å²) in [5.41, 5.74) is 0.460. The molecule has 2 rings (SSSR count). The summed E-state index contributed by atoms with van der Waals surface area (Å²) in [6.07, 6.45) is 10.0. The highest BCUT2D eigenvalue weighted by Crippen LogP contribution is 2.39. The lowest BCUT2D eigenvalue weighted by molar-refractivity contribution is 0.0128. The van der Waals surface area contributed by atoms with Gasteiger partial charge in [0.05, 0.1) is 6.10 Å². The van der Waals surface area contributed by atoms with Gasteiger partial charge in [0, 0.05) is 19.1 Å². The van der Waals surface area contributed by atoms with Crippen molar-refractivity contribution in [3.05, 3.63) is 0 Å². The zero-order valence-corrected chi connectivity index (χ0v) is 12.8. The van der Waals surface area contributed by atoms with Crippen LogP contribution in [0.5, 0.6) is 0 Å². The Hall–Kier alpha value is -0.120. The molecule has 0 amide bonds. The second-order valence-electron chi connectivity index (χ2n) is 6.82. The Balaban J connectivity index is 1.92. The smallest absolute Gasteiger partial charge is 0.0695 e. The molecule has 2 saturated carbocycles. The van der Waals surface area contributed by atoms with Crippen LogP contribution in [0.2, 0.25) is 0 Å². The Morgan fingerprint density at radius 2 is 1.84 bits per heavy atom. The standard InChI is InChI=1S/C16H32N2O/c1-3-17-12-16(10-6-7-11-16)13-18(2)14-8-4-5-9-15(14)19/h14-15,17,19H,3-13H2,1-2H3. The number of aliphatic hydroxyl groups is 1. The lowest BCUT2D eigenvalue weighted by Gasteiger charge is -2.41. The zero-order valence-electron chi connectivity index (χ0n) is 12.8. The Morgan fingerprint density at radius 1 is 1.16 bits per heavy atom. The van der Waals surface area contributed by atoms with E-state index in [9.17, 15) is 5.11 Å². The molecule has 0 aromatic heterocycles. The van der Waals surface area contributed by atoms with Gasteiger partial charge in [-0.1, -0.05) is 32.6 Å². The van der Waals surface area contributed by atoms with Gasteiger partial charge in [0.15, 0.2) is 0 Å². The van der Waals surface area contributed by atoms with Gasteiger partial charge in [-0.25, -0.2) is 0 Å². The van der Waals surface area contributed by atoms with E-state index in [-0.39, 0.29) is 6.10 Å². The van der Waals surface area contributed by atoms with Gasteiger partial charge >= 0.3 is 0 Å². The minimum atomic E-state index is -0.101. The first-order valence-corrected chi connectivity index (χ1v) is 8.26. The summed E-state index contributed by atoms with van der Waals surface area (Å²) in [6.45, 7) is 5.56. The first kappa shape index (κ1) is 15.3. The van der Waals surface area contributed by atoms with Gasteiger partial charge in [0.25, 0.3) is 0 Å². The van der Waals surface area contributed by atoms with E-state index in [1.165, 1.54) is 44.9 Å². The Labute approximate surface area is 118 Å². The van der Waals surface area contributed by atoms with E-state index < -0.39 is 0 Å². The van der Waals surface area contributed by atoms with Crippen molar-refractivity contribution in [2.45, 2.75) is 70.4 Å². The summed E-state index contributed by atoms with van der Waals surface area (Å²) in [5, 5.41) is 13.8. The molecule has 0 saturated heterocycles. The number of rotatable bonds is 6. The van der Waals surface area contributed by atoms with Crippen molar-refractivity contribution >= 4 is 0 Å². The van der Waals surface area contributed by atoms with E-state index >= 15 is 0 Å².